The lowest BCUT2D eigenvalue weighted by atomic mass is 10.3. The van der Waals surface area contributed by atoms with Crippen LogP contribution < -0.4 is 11.5 Å². The van der Waals surface area contributed by atoms with E-state index in [1.54, 1.807) is 9.80 Å². The Labute approximate surface area is 128 Å². The lowest BCUT2D eigenvalue weighted by Gasteiger charge is -2.24. The van der Waals surface area contributed by atoms with Crippen molar-refractivity contribution >= 4 is 23.9 Å². The van der Waals surface area contributed by atoms with Crippen molar-refractivity contribution in [3.05, 3.63) is 0 Å². The van der Waals surface area contributed by atoms with Crippen LogP contribution >= 0.6 is 0 Å². The third kappa shape index (κ3) is 6.29. The molecule has 0 saturated heterocycles. The fourth-order valence-electron chi connectivity index (χ4n) is 1.99. The Morgan fingerprint density at radius 2 is 1.27 bits per heavy atom. The first-order valence-electron chi connectivity index (χ1n) is 6.93. The molecule has 0 saturated carbocycles. The summed E-state index contributed by atoms with van der Waals surface area (Å²) >= 11 is 0. The highest BCUT2D eigenvalue weighted by molar-refractivity contribution is 5.83. The summed E-state index contributed by atoms with van der Waals surface area (Å²) in [7, 11) is 0. The van der Waals surface area contributed by atoms with Gasteiger partial charge >= 0.3 is 11.9 Å². The molecule has 0 amide bonds. The van der Waals surface area contributed by atoms with Gasteiger partial charge in [-0.2, -0.15) is 0 Å². The number of nitrogens with two attached hydrogens (primary N) is 2. The van der Waals surface area contributed by atoms with E-state index in [-0.39, 0.29) is 13.1 Å². The lowest BCUT2D eigenvalue weighted by molar-refractivity contribution is -0.138. The third-order valence-corrected chi connectivity index (χ3v) is 3.02. The maximum absolute atomic E-state index is 10.3. The topological polar surface area (TPSA) is 158 Å². The van der Waals surface area contributed by atoms with Crippen LogP contribution in [-0.2, 0) is 9.59 Å². The number of nitrogens with zero attached hydrogens (tertiary/aromatic N) is 4. The Balaban J connectivity index is 0.000000220. The first-order chi connectivity index (χ1) is 10.4. The van der Waals surface area contributed by atoms with Crippen LogP contribution in [0.2, 0.25) is 0 Å². The van der Waals surface area contributed by atoms with Crippen LogP contribution in [0.3, 0.4) is 0 Å². The van der Waals surface area contributed by atoms with Gasteiger partial charge in [-0.05, 0) is 12.8 Å². The van der Waals surface area contributed by atoms with Crippen molar-refractivity contribution in [3.8, 4) is 0 Å². The summed E-state index contributed by atoms with van der Waals surface area (Å²) < 4.78 is 0. The van der Waals surface area contributed by atoms with Crippen molar-refractivity contribution in [2.75, 3.05) is 39.3 Å². The first-order valence-corrected chi connectivity index (χ1v) is 6.93. The van der Waals surface area contributed by atoms with Crippen LogP contribution in [-0.4, -0.2) is 83.1 Å². The van der Waals surface area contributed by atoms with Crippen LogP contribution in [0.5, 0.6) is 0 Å². The van der Waals surface area contributed by atoms with E-state index >= 15 is 0 Å². The quantitative estimate of drug-likeness (QED) is 0.472. The van der Waals surface area contributed by atoms with Gasteiger partial charge in [0.2, 0.25) is 0 Å². The number of aliphatic carboxylic acids is 2. The number of hydrogen-bond donors (Lipinski definition) is 4. The minimum Gasteiger partial charge on any atom is -0.480 e. The van der Waals surface area contributed by atoms with Gasteiger partial charge in [0.25, 0.3) is 0 Å². The Hall–Kier alpha value is -2.52. The van der Waals surface area contributed by atoms with E-state index in [1.165, 1.54) is 0 Å². The van der Waals surface area contributed by atoms with E-state index in [1.807, 2.05) is 0 Å². The van der Waals surface area contributed by atoms with Crippen LogP contribution in [0.25, 0.3) is 0 Å². The molecule has 2 rings (SSSR count). The second kappa shape index (κ2) is 8.70. The van der Waals surface area contributed by atoms with E-state index < -0.39 is 11.9 Å². The number of rotatable bonds is 4. The van der Waals surface area contributed by atoms with E-state index in [4.69, 9.17) is 21.7 Å². The molecule has 2 aliphatic rings. The van der Waals surface area contributed by atoms with E-state index in [0.29, 0.717) is 38.1 Å². The zero-order valence-corrected chi connectivity index (χ0v) is 12.3. The van der Waals surface area contributed by atoms with Gasteiger partial charge in [-0.15, -0.1) is 0 Å². The molecule has 22 heavy (non-hydrogen) atoms. The van der Waals surface area contributed by atoms with Gasteiger partial charge in [-0.3, -0.25) is 19.6 Å². The molecule has 0 spiro atoms. The summed E-state index contributed by atoms with van der Waals surface area (Å²) in [4.78, 5) is 31.5. The van der Waals surface area contributed by atoms with E-state index in [2.05, 4.69) is 9.98 Å². The fourth-order valence-corrected chi connectivity index (χ4v) is 1.99. The molecule has 0 aromatic carbocycles. The summed E-state index contributed by atoms with van der Waals surface area (Å²) in [6, 6.07) is 0. The molecule has 0 aliphatic carbocycles. The van der Waals surface area contributed by atoms with Gasteiger partial charge in [-0.1, -0.05) is 0 Å². The predicted molar refractivity (Wildman–Crippen MR) is 80.6 cm³/mol. The van der Waals surface area contributed by atoms with E-state index in [0.717, 1.165) is 12.8 Å². The zero-order chi connectivity index (χ0) is 16.5. The SMILES string of the molecule is NC1=NCCCN1CC(=O)O.NC1=NCCCN1CC(=O)O. The second-order valence-electron chi connectivity index (χ2n) is 4.82. The van der Waals surface area contributed by atoms with Crippen molar-refractivity contribution in [1.29, 1.82) is 0 Å². The molecule has 124 valence electrons. The number of aliphatic imine (C=N–C) groups is 2. The maximum atomic E-state index is 10.3. The maximum Gasteiger partial charge on any atom is 0.323 e. The molecule has 6 N–H and O–H groups in total. The summed E-state index contributed by atoms with van der Waals surface area (Å²) in [5.41, 5.74) is 10.9. The highest BCUT2D eigenvalue weighted by Crippen LogP contribution is 1.99. The molecule has 2 aliphatic heterocycles. The smallest absolute Gasteiger partial charge is 0.323 e. The Morgan fingerprint density at radius 1 is 0.909 bits per heavy atom. The van der Waals surface area contributed by atoms with Crippen molar-refractivity contribution in [2.45, 2.75) is 12.8 Å². The molecule has 0 radical (unpaired) electrons. The number of carbonyl (C=O) groups is 2. The van der Waals surface area contributed by atoms with Crippen LogP contribution in [0.1, 0.15) is 12.8 Å². The largest absolute Gasteiger partial charge is 0.480 e. The Morgan fingerprint density at radius 3 is 1.55 bits per heavy atom. The molecule has 2 heterocycles. The number of carboxylic acid groups (broad SMARTS) is 2. The second-order valence-corrected chi connectivity index (χ2v) is 4.82. The molecule has 0 aromatic heterocycles. The molecular weight excluding hydrogens is 292 g/mol. The molecule has 0 atom stereocenters. The summed E-state index contributed by atoms with van der Waals surface area (Å²) in [6.07, 6.45) is 1.77. The zero-order valence-electron chi connectivity index (χ0n) is 12.3. The van der Waals surface area contributed by atoms with Gasteiger partial charge in [0.15, 0.2) is 11.9 Å². The van der Waals surface area contributed by atoms with Crippen molar-refractivity contribution in [1.82, 2.24) is 9.80 Å². The van der Waals surface area contributed by atoms with Crippen LogP contribution in [0.15, 0.2) is 9.98 Å². The Kier molecular flexibility index (Phi) is 6.93. The molecule has 0 unspecified atom stereocenters. The first kappa shape index (κ1) is 17.5. The van der Waals surface area contributed by atoms with Gasteiger partial charge in [0.05, 0.1) is 0 Å². The number of carboxylic acids is 2. The summed E-state index contributed by atoms with van der Waals surface area (Å²) in [5, 5.41) is 16.9. The van der Waals surface area contributed by atoms with Gasteiger partial charge in [0.1, 0.15) is 13.1 Å². The number of hydrogen-bond acceptors (Lipinski definition) is 8. The molecule has 0 aromatic rings. The summed E-state index contributed by atoms with van der Waals surface area (Å²) in [5.74, 6) is -1.05. The van der Waals surface area contributed by atoms with Crippen molar-refractivity contribution in [2.24, 2.45) is 21.5 Å². The van der Waals surface area contributed by atoms with E-state index in [9.17, 15) is 9.59 Å². The summed E-state index contributed by atoms with van der Waals surface area (Å²) in [6.45, 7) is 2.72. The lowest BCUT2D eigenvalue weighted by Crippen LogP contribution is -2.43. The fraction of sp³-hybridized carbons (Fsp3) is 0.667. The van der Waals surface area contributed by atoms with Crippen molar-refractivity contribution in [3.63, 3.8) is 0 Å². The highest BCUT2D eigenvalue weighted by atomic mass is 16.4. The van der Waals surface area contributed by atoms with Crippen LogP contribution in [0.4, 0.5) is 0 Å². The number of guanidine groups is 2. The minimum absolute atomic E-state index is 0.0463. The molecule has 0 bridgehead atoms. The normalized spacial score (nSPS) is 17.8. The minimum atomic E-state index is -0.870. The molecule has 10 nitrogen and oxygen atoms in total. The standard InChI is InChI=1S/2C6H11N3O2/c2*7-6-8-2-1-3-9(6)4-5(10)11/h2*1-4H2,(H2,7,8)(H,10,11). The molecule has 10 heteroatoms. The third-order valence-electron chi connectivity index (χ3n) is 3.02. The Bertz CT molecular complexity index is 423. The molecule has 0 fully saturated rings. The van der Waals surface area contributed by atoms with Gasteiger partial charge < -0.3 is 31.5 Å². The van der Waals surface area contributed by atoms with Crippen LogP contribution in [0, 0.1) is 0 Å². The predicted octanol–water partition coefficient (Wildman–Crippen LogP) is -1.82. The monoisotopic (exact) mass is 314 g/mol. The van der Waals surface area contributed by atoms with Crippen molar-refractivity contribution < 1.29 is 19.8 Å². The average Bonchev–Trinajstić information content (AvgIpc) is 2.44. The average molecular weight is 314 g/mol. The molecular formula is C12H22N6O4. The highest BCUT2D eigenvalue weighted by Gasteiger charge is 2.15. The van der Waals surface area contributed by atoms with Gasteiger partial charge in [-0.25, -0.2) is 0 Å². The van der Waals surface area contributed by atoms with Gasteiger partial charge in [0, 0.05) is 26.2 Å².